The van der Waals surface area contributed by atoms with Crippen LogP contribution in [0.15, 0.2) is 62.2 Å². The van der Waals surface area contributed by atoms with Gasteiger partial charge in [-0.2, -0.15) is 0 Å². The maximum absolute atomic E-state index is 11.1. The van der Waals surface area contributed by atoms with Gasteiger partial charge in [-0.1, -0.05) is 18.2 Å². The summed E-state index contributed by atoms with van der Waals surface area (Å²) >= 11 is 0. The fourth-order valence-corrected chi connectivity index (χ4v) is 2.38. The van der Waals surface area contributed by atoms with Crippen molar-refractivity contribution in [3.05, 3.63) is 64.8 Å². The number of hydrogen-bond acceptors (Lipinski definition) is 4. The van der Waals surface area contributed by atoms with Crippen LogP contribution in [0.4, 0.5) is 5.69 Å². The van der Waals surface area contributed by atoms with Crippen LogP contribution >= 0.6 is 0 Å². The molecule has 104 valence electrons. The smallest absolute Gasteiger partial charge is 0.417 e. The zero-order valence-corrected chi connectivity index (χ0v) is 11.1. The molecule has 0 radical (unpaired) electrons. The molecule has 0 amide bonds. The second-order valence-electron chi connectivity index (χ2n) is 4.83. The van der Waals surface area contributed by atoms with E-state index in [1.54, 1.807) is 6.07 Å². The molecule has 0 bridgehead atoms. The van der Waals surface area contributed by atoms with Crippen molar-refractivity contribution in [2.24, 2.45) is 0 Å². The molecule has 0 aliphatic heterocycles. The van der Waals surface area contributed by atoms with Crippen molar-refractivity contribution >= 4 is 27.8 Å². The largest absolute Gasteiger partial charge is 0.459 e. The highest BCUT2D eigenvalue weighted by Gasteiger charge is 2.05. The average molecular weight is 280 g/mol. The highest BCUT2D eigenvalue weighted by molar-refractivity contribution is 5.78. The summed E-state index contributed by atoms with van der Waals surface area (Å²) in [6.45, 7) is 0.572. The molecule has 0 fully saturated rings. The summed E-state index contributed by atoms with van der Waals surface area (Å²) in [4.78, 5) is 13.8. The number of nitrogens with one attached hydrogen (secondary N) is 2. The first-order valence-electron chi connectivity index (χ1n) is 6.62. The minimum atomic E-state index is -0.445. The van der Waals surface area contributed by atoms with Crippen molar-refractivity contribution in [2.75, 3.05) is 5.32 Å². The van der Waals surface area contributed by atoms with Crippen LogP contribution in [-0.2, 0) is 6.54 Å². The molecular weight excluding hydrogens is 268 g/mol. The normalized spacial score (nSPS) is 11.2. The van der Waals surface area contributed by atoms with Crippen molar-refractivity contribution in [2.45, 2.75) is 6.54 Å². The van der Waals surface area contributed by atoms with Crippen molar-refractivity contribution in [3.8, 4) is 0 Å². The summed E-state index contributed by atoms with van der Waals surface area (Å²) in [7, 11) is 0. The summed E-state index contributed by atoms with van der Waals surface area (Å²) in [6, 6.07) is 15.4. The van der Waals surface area contributed by atoms with E-state index in [9.17, 15) is 4.79 Å². The van der Waals surface area contributed by atoms with E-state index in [1.165, 1.54) is 0 Å². The van der Waals surface area contributed by atoms with Gasteiger partial charge >= 0.3 is 5.76 Å². The molecule has 2 aromatic carbocycles. The molecule has 5 heteroatoms. The molecule has 0 spiro atoms. The number of hydrogen-bond donors (Lipinski definition) is 2. The fraction of sp³-hybridized carbons (Fsp3) is 0.0625. The first-order valence-corrected chi connectivity index (χ1v) is 6.62. The van der Waals surface area contributed by atoms with Crippen molar-refractivity contribution < 1.29 is 8.83 Å². The molecule has 4 aromatic rings. The van der Waals surface area contributed by atoms with E-state index in [2.05, 4.69) is 10.3 Å². The highest BCUT2D eigenvalue weighted by atomic mass is 16.4. The number of anilines is 1. The van der Waals surface area contributed by atoms with E-state index in [-0.39, 0.29) is 0 Å². The molecule has 2 aromatic heterocycles. The molecular formula is C16H12N2O3. The standard InChI is InChI=1S/C16H12N2O3/c19-16-18-13-8-11(5-6-15(13)21-16)17-9-12-7-10-3-1-2-4-14(10)20-12/h1-8,17H,9H2,(H,18,19). The van der Waals surface area contributed by atoms with Crippen LogP contribution in [0.3, 0.4) is 0 Å². The Kier molecular flexibility index (Phi) is 2.57. The molecule has 4 rings (SSSR count). The third-order valence-electron chi connectivity index (χ3n) is 3.36. The van der Waals surface area contributed by atoms with Gasteiger partial charge in [0.15, 0.2) is 5.58 Å². The van der Waals surface area contributed by atoms with Crippen LogP contribution in [0.25, 0.3) is 22.1 Å². The Labute approximate surface area is 119 Å². The van der Waals surface area contributed by atoms with Crippen LogP contribution in [-0.4, -0.2) is 4.98 Å². The highest BCUT2D eigenvalue weighted by Crippen LogP contribution is 2.21. The van der Waals surface area contributed by atoms with Gasteiger partial charge in [0.05, 0.1) is 12.1 Å². The number of para-hydroxylation sites is 1. The quantitative estimate of drug-likeness (QED) is 0.602. The van der Waals surface area contributed by atoms with E-state index in [0.717, 1.165) is 22.4 Å². The second-order valence-corrected chi connectivity index (χ2v) is 4.83. The lowest BCUT2D eigenvalue weighted by Crippen LogP contribution is -1.97. The summed E-state index contributed by atoms with van der Waals surface area (Å²) in [5.41, 5.74) is 2.99. The monoisotopic (exact) mass is 280 g/mol. The first kappa shape index (κ1) is 11.8. The minimum absolute atomic E-state index is 0.445. The van der Waals surface area contributed by atoms with Gasteiger partial charge in [0.1, 0.15) is 11.3 Å². The molecule has 5 nitrogen and oxygen atoms in total. The number of H-pyrrole nitrogens is 1. The van der Waals surface area contributed by atoms with Crippen LogP contribution < -0.4 is 11.1 Å². The Hall–Kier alpha value is -2.95. The lowest BCUT2D eigenvalue weighted by Gasteiger charge is -2.03. The number of rotatable bonds is 3. The van der Waals surface area contributed by atoms with Gasteiger partial charge in [0.2, 0.25) is 0 Å². The maximum Gasteiger partial charge on any atom is 0.417 e. The molecule has 0 saturated carbocycles. The van der Waals surface area contributed by atoms with Gasteiger partial charge in [0, 0.05) is 11.1 Å². The second kappa shape index (κ2) is 4.56. The predicted molar refractivity (Wildman–Crippen MR) is 80.4 cm³/mol. The molecule has 0 saturated heterocycles. The first-order chi connectivity index (χ1) is 10.3. The number of aromatic amines is 1. The van der Waals surface area contributed by atoms with Gasteiger partial charge in [0.25, 0.3) is 0 Å². The summed E-state index contributed by atoms with van der Waals surface area (Å²) in [5.74, 6) is 0.413. The van der Waals surface area contributed by atoms with Crippen molar-refractivity contribution in [1.29, 1.82) is 0 Å². The predicted octanol–water partition coefficient (Wildman–Crippen LogP) is 3.48. The molecule has 2 heterocycles. The van der Waals surface area contributed by atoms with Crippen LogP contribution in [0, 0.1) is 0 Å². The maximum atomic E-state index is 11.1. The molecule has 2 N–H and O–H groups in total. The van der Waals surface area contributed by atoms with Gasteiger partial charge in [-0.25, -0.2) is 4.79 Å². The minimum Gasteiger partial charge on any atom is -0.459 e. The number of fused-ring (bicyclic) bond motifs is 2. The van der Waals surface area contributed by atoms with E-state index < -0.39 is 5.76 Å². The Bertz CT molecular complexity index is 945. The third-order valence-corrected chi connectivity index (χ3v) is 3.36. The van der Waals surface area contributed by atoms with Gasteiger partial charge in [-0.3, -0.25) is 4.98 Å². The van der Waals surface area contributed by atoms with Gasteiger partial charge < -0.3 is 14.2 Å². The molecule has 21 heavy (non-hydrogen) atoms. The average Bonchev–Trinajstić information content (AvgIpc) is 3.06. The Morgan fingerprint density at radius 1 is 1.00 bits per heavy atom. The zero-order chi connectivity index (χ0) is 14.2. The fourth-order valence-electron chi connectivity index (χ4n) is 2.38. The number of aromatic nitrogens is 1. The lowest BCUT2D eigenvalue weighted by atomic mass is 10.2. The van der Waals surface area contributed by atoms with E-state index in [1.807, 2.05) is 42.5 Å². The third kappa shape index (κ3) is 2.18. The molecule has 0 atom stereocenters. The number of benzene rings is 2. The summed E-state index contributed by atoms with van der Waals surface area (Å²) in [5, 5.41) is 4.35. The Balaban J connectivity index is 1.58. The summed E-state index contributed by atoms with van der Waals surface area (Å²) < 4.78 is 10.7. The number of furan rings is 1. The van der Waals surface area contributed by atoms with E-state index >= 15 is 0 Å². The molecule has 0 aliphatic rings. The van der Waals surface area contributed by atoms with Gasteiger partial charge in [-0.05, 0) is 30.3 Å². The topological polar surface area (TPSA) is 71.2 Å². The van der Waals surface area contributed by atoms with Crippen LogP contribution in [0.5, 0.6) is 0 Å². The molecule has 0 aliphatic carbocycles. The van der Waals surface area contributed by atoms with Crippen molar-refractivity contribution in [3.63, 3.8) is 0 Å². The van der Waals surface area contributed by atoms with E-state index in [0.29, 0.717) is 17.6 Å². The lowest BCUT2D eigenvalue weighted by molar-refractivity contribution is 0.555. The van der Waals surface area contributed by atoms with Crippen LogP contribution in [0.1, 0.15) is 5.76 Å². The Morgan fingerprint density at radius 2 is 1.90 bits per heavy atom. The van der Waals surface area contributed by atoms with Crippen molar-refractivity contribution in [1.82, 2.24) is 4.98 Å². The molecule has 0 unspecified atom stereocenters. The van der Waals surface area contributed by atoms with Crippen LogP contribution in [0.2, 0.25) is 0 Å². The summed E-state index contributed by atoms with van der Waals surface area (Å²) in [6.07, 6.45) is 0. The van der Waals surface area contributed by atoms with Gasteiger partial charge in [-0.15, -0.1) is 0 Å². The Morgan fingerprint density at radius 3 is 2.81 bits per heavy atom. The van der Waals surface area contributed by atoms with E-state index in [4.69, 9.17) is 8.83 Å². The zero-order valence-electron chi connectivity index (χ0n) is 11.1. The number of oxazole rings is 1. The SMILES string of the molecule is O=c1[nH]c2cc(NCc3cc4ccccc4o3)ccc2o1.